The third-order valence-electron chi connectivity index (χ3n) is 4.18. The molecule has 2 aromatic heterocycles. The van der Waals surface area contributed by atoms with Gasteiger partial charge in [0.15, 0.2) is 5.82 Å². The van der Waals surface area contributed by atoms with Gasteiger partial charge in [0.25, 0.3) is 0 Å². The maximum absolute atomic E-state index is 11.8. The summed E-state index contributed by atoms with van der Waals surface area (Å²) in [5.74, 6) is 1.39. The first-order valence-electron chi connectivity index (χ1n) is 7.10. The molecule has 10 heteroatoms. The maximum Gasteiger partial charge on any atom is 0.343 e. The Kier molecular flexibility index (Phi) is 2.98. The Bertz CT molecular complexity index is 751. The van der Waals surface area contributed by atoms with Gasteiger partial charge in [-0.1, -0.05) is 0 Å². The molecule has 22 heavy (non-hydrogen) atoms. The normalized spacial score (nSPS) is 24.0. The Morgan fingerprint density at radius 3 is 3.05 bits per heavy atom. The van der Waals surface area contributed by atoms with Crippen molar-refractivity contribution in [2.45, 2.75) is 25.2 Å². The molecule has 0 bridgehead atoms. The van der Waals surface area contributed by atoms with Gasteiger partial charge in [-0.15, -0.1) is 0 Å². The van der Waals surface area contributed by atoms with Crippen molar-refractivity contribution in [3.63, 3.8) is 0 Å². The quantitative estimate of drug-likeness (QED) is 0.809. The molecular weight excluding hydrogens is 306 g/mol. The molecule has 1 fully saturated rings. The Morgan fingerprint density at radius 2 is 2.27 bits per heavy atom. The molecule has 9 nitrogen and oxygen atoms in total. The largest absolute Gasteiger partial charge is 0.363 e. The van der Waals surface area contributed by atoms with Gasteiger partial charge < -0.3 is 14.5 Å². The lowest BCUT2D eigenvalue weighted by atomic mass is 10.0. The highest BCUT2D eigenvalue weighted by molar-refractivity contribution is 7.09. The van der Waals surface area contributed by atoms with Gasteiger partial charge in [0, 0.05) is 32.2 Å². The molecule has 1 N–H and O–H groups in total. The second-order valence-electron chi connectivity index (χ2n) is 5.95. The van der Waals surface area contributed by atoms with E-state index in [0.29, 0.717) is 25.5 Å². The topological polar surface area (TPSA) is 92.2 Å². The molecule has 1 atom stereocenters. The van der Waals surface area contributed by atoms with Gasteiger partial charge in [0.05, 0.1) is 13.1 Å². The molecule has 4 rings (SSSR count). The minimum Gasteiger partial charge on any atom is -0.363 e. The number of anilines is 2. The molecule has 0 radical (unpaired) electrons. The van der Waals surface area contributed by atoms with Crippen LogP contribution in [0.2, 0.25) is 0 Å². The first-order chi connectivity index (χ1) is 10.6. The number of rotatable bonds is 2. The van der Waals surface area contributed by atoms with E-state index in [0.717, 1.165) is 24.0 Å². The predicted molar refractivity (Wildman–Crippen MR) is 81.4 cm³/mol. The Labute approximate surface area is 130 Å². The second kappa shape index (κ2) is 4.78. The van der Waals surface area contributed by atoms with Gasteiger partial charge in [0.1, 0.15) is 12.2 Å². The van der Waals surface area contributed by atoms with Crippen molar-refractivity contribution in [1.82, 2.24) is 24.1 Å². The van der Waals surface area contributed by atoms with Gasteiger partial charge >= 0.3 is 5.69 Å². The van der Waals surface area contributed by atoms with E-state index in [1.807, 2.05) is 19.0 Å². The van der Waals surface area contributed by atoms with E-state index in [9.17, 15) is 4.79 Å². The lowest BCUT2D eigenvalue weighted by Gasteiger charge is -2.33. The number of hydrogen-bond acceptors (Lipinski definition) is 8. The SMILES string of the molecule is CN(C)c1nsc(N2CCC3(C2)Cn2c(n[nH]c2=O)CO3)n1. The number of aromatic amines is 1. The molecular formula is C12H17N7O2S. The van der Waals surface area contributed by atoms with E-state index in [-0.39, 0.29) is 11.3 Å². The van der Waals surface area contributed by atoms with Crippen LogP contribution in [0.4, 0.5) is 11.1 Å². The van der Waals surface area contributed by atoms with Crippen LogP contribution < -0.4 is 15.5 Å². The summed E-state index contributed by atoms with van der Waals surface area (Å²) in [7, 11) is 3.85. The van der Waals surface area contributed by atoms with Gasteiger partial charge in [-0.25, -0.2) is 9.89 Å². The van der Waals surface area contributed by atoms with Crippen LogP contribution >= 0.6 is 11.5 Å². The number of H-pyrrole nitrogens is 1. The minimum atomic E-state index is -0.343. The molecule has 0 aromatic carbocycles. The summed E-state index contributed by atoms with van der Waals surface area (Å²) in [6.07, 6.45) is 0.862. The Morgan fingerprint density at radius 1 is 1.41 bits per heavy atom. The van der Waals surface area contributed by atoms with Crippen molar-refractivity contribution in [2.75, 3.05) is 37.0 Å². The summed E-state index contributed by atoms with van der Waals surface area (Å²) in [6, 6.07) is 0. The van der Waals surface area contributed by atoms with Crippen molar-refractivity contribution in [3.8, 4) is 0 Å². The number of hydrogen-bond donors (Lipinski definition) is 1. The van der Waals surface area contributed by atoms with Crippen molar-refractivity contribution < 1.29 is 4.74 Å². The van der Waals surface area contributed by atoms with E-state index in [1.165, 1.54) is 11.5 Å². The average Bonchev–Trinajstić information content (AvgIpc) is 3.19. The number of nitrogens with zero attached hydrogens (tertiary/aromatic N) is 6. The van der Waals surface area contributed by atoms with Crippen LogP contribution in [0.15, 0.2) is 4.79 Å². The number of aromatic nitrogens is 5. The van der Waals surface area contributed by atoms with Gasteiger partial charge in [-0.2, -0.15) is 14.5 Å². The second-order valence-corrected chi connectivity index (χ2v) is 6.68. The number of fused-ring (bicyclic) bond motifs is 1. The van der Waals surface area contributed by atoms with E-state index in [1.54, 1.807) is 4.57 Å². The lowest BCUT2D eigenvalue weighted by Crippen LogP contribution is -2.46. The van der Waals surface area contributed by atoms with E-state index in [4.69, 9.17) is 4.74 Å². The van der Waals surface area contributed by atoms with Crippen LogP contribution in [-0.4, -0.2) is 56.9 Å². The van der Waals surface area contributed by atoms with E-state index in [2.05, 4.69) is 24.5 Å². The van der Waals surface area contributed by atoms with Crippen molar-refractivity contribution in [1.29, 1.82) is 0 Å². The zero-order chi connectivity index (χ0) is 15.3. The molecule has 4 heterocycles. The maximum atomic E-state index is 11.8. The molecule has 2 aliphatic heterocycles. The third-order valence-corrected chi connectivity index (χ3v) is 4.95. The fourth-order valence-electron chi connectivity index (χ4n) is 2.95. The molecule has 0 saturated carbocycles. The molecule has 1 saturated heterocycles. The monoisotopic (exact) mass is 323 g/mol. The Hall–Kier alpha value is -1.94. The first-order valence-corrected chi connectivity index (χ1v) is 7.88. The van der Waals surface area contributed by atoms with Gasteiger partial charge in [-0.05, 0) is 6.42 Å². The molecule has 2 aromatic rings. The smallest absolute Gasteiger partial charge is 0.343 e. The lowest BCUT2D eigenvalue weighted by molar-refractivity contribution is -0.0759. The predicted octanol–water partition coefficient (Wildman–Crippen LogP) is -0.332. The summed E-state index contributed by atoms with van der Waals surface area (Å²) in [5, 5.41) is 7.35. The fourth-order valence-corrected chi connectivity index (χ4v) is 3.71. The summed E-state index contributed by atoms with van der Waals surface area (Å²) < 4.78 is 12.1. The molecule has 118 valence electrons. The summed E-state index contributed by atoms with van der Waals surface area (Å²) in [4.78, 5) is 20.4. The average molecular weight is 323 g/mol. The Balaban J connectivity index is 1.55. The van der Waals surface area contributed by atoms with Crippen LogP contribution in [0.5, 0.6) is 0 Å². The van der Waals surface area contributed by atoms with Gasteiger partial charge in [0.2, 0.25) is 11.1 Å². The summed E-state index contributed by atoms with van der Waals surface area (Å²) in [5.41, 5.74) is -0.507. The highest BCUT2D eigenvalue weighted by Crippen LogP contribution is 2.34. The van der Waals surface area contributed by atoms with Crippen molar-refractivity contribution >= 4 is 22.6 Å². The van der Waals surface area contributed by atoms with Crippen LogP contribution in [0.3, 0.4) is 0 Å². The van der Waals surface area contributed by atoms with Crippen LogP contribution in [0, 0.1) is 0 Å². The standard InChI is InChI=1S/C12H17N7O2S/c1-17(2)9-13-11(22-16-9)18-4-3-12(6-18)7-19-8(5-21-12)14-15-10(19)20/h3-7H2,1-2H3,(H,15,20). The van der Waals surface area contributed by atoms with E-state index < -0.39 is 0 Å². The highest BCUT2D eigenvalue weighted by atomic mass is 32.1. The molecule has 0 amide bonds. The van der Waals surface area contributed by atoms with Gasteiger partial charge in [-0.3, -0.25) is 4.57 Å². The zero-order valence-electron chi connectivity index (χ0n) is 12.4. The zero-order valence-corrected chi connectivity index (χ0v) is 13.3. The number of ether oxygens (including phenoxy) is 1. The first kappa shape index (κ1) is 13.7. The van der Waals surface area contributed by atoms with Crippen LogP contribution in [0.1, 0.15) is 12.2 Å². The molecule has 1 spiro atoms. The van der Waals surface area contributed by atoms with E-state index >= 15 is 0 Å². The summed E-state index contributed by atoms with van der Waals surface area (Å²) >= 11 is 1.39. The van der Waals surface area contributed by atoms with Crippen molar-refractivity contribution in [3.05, 3.63) is 16.3 Å². The third kappa shape index (κ3) is 2.10. The molecule has 2 aliphatic rings. The van der Waals surface area contributed by atoms with Crippen molar-refractivity contribution in [2.24, 2.45) is 0 Å². The van der Waals surface area contributed by atoms with Crippen LogP contribution in [-0.2, 0) is 17.9 Å². The fraction of sp³-hybridized carbons (Fsp3) is 0.667. The molecule has 0 aliphatic carbocycles. The minimum absolute atomic E-state index is 0.165. The number of nitrogens with one attached hydrogen (secondary N) is 1. The summed E-state index contributed by atoms with van der Waals surface area (Å²) in [6.45, 7) is 2.47. The highest BCUT2D eigenvalue weighted by Gasteiger charge is 2.44. The van der Waals surface area contributed by atoms with Crippen LogP contribution in [0.25, 0.3) is 0 Å². The molecule has 1 unspecified atom stereocenters.